The lowest BCUT2D eigenvalue weighted by Crippen LogP contribution is -2.55. The summed E-state index contributed by atoms with van der Waals surface area (Å²) >= 11 is 0. The molecule has 1 aromatic carbocycles. The minimum atomic E-state index is -0.864. The minimum absolute atomic E-state index is 0.408. The molecule has 0 aliphatic carbocycles. The Hall–Kier alpha value is -1.92. The van der Waals surface area contributed by atoms with Gasteiger partial charge in [0.15, 0.2) is 0 Å². The van der Waals surface area contributed by atoms with Crippen LogP contribution in [0.5, 0.6) is 0 Å². The molecule has 5 rings (SSSR count). The van der Waals surface area contributed by atoms with Gasteiger partial charge in [0.25, 0.3) is 0 Å². The average Bonchev–Trinajstić information content (AvgIpc) is 3.03. The average molecular weight is 356 g/mol. The number of carboxylic acid groups (broad SMARTS) is 1. The molecule has 140 valence electrons. The van der Waals surface area contributed by atoms with Crippen molar-refractivity contribution in [2.24, 2.45) is 11.8 Å². The van der Waals surface area contributed by atoms with Crippen LogP contribution in [0.4, 0.5) is 0 Å². The first-order valence-corrected chi connectivity index (χ1v) is 9.70. The molecule has 1 aromatic heterocycles. The number of H-pyrrole nitrogens is 1. The Morgan fingerprint density at radius 3 is 2.77 bits per heavy atom. The summed E-state index contributed by atoms with van der Waals surface area (Å²) in [5, 5.41) is 21.7. The van der Waals surface area contributed by atoms with Gasteiger partial charge in [-0.1, -0.05) is 19.9 Å². The van der Waals surface area contributed by atoms with Gasteiger partial charge in [0.1, 0.15) is 0 Å². The van der Waals surface area contributed by atoms with Crippen molar-refractivity contribution in [1.82, 2.24) is 20.4 Å². The first-order valence-electron chi connectivity index (χ1n) is 9.70. The Morgan fingerprint density at radius 1 is 1.38 bits per heavy atom. The van der Waals surface area contributed by atoms with Gasteiger partial charge in [-0.05, 0) is 55.8 Å². The number of hydrogen-bond acceptors (Lipinski definition) is 4. The van der Waals surface area contributed by atoms with E-state index >= 15 is 0 Å². The van der Waals surface area contributed by atoms with Gasteiger partial charge >= 0.3 is 5.97 Å². The van der Waals surface area contributed by atoms with Gasteiger partial charge in [-0.15, -0.1) is 0 Å². The summed E-state index contributed by atoms with van der Waals surface area (Å²) < 4.78 is 0. The number of nitrogens with zero attached hydrogens (tertiary/aromatic N) is 2. The number of benzene rings is 1. The maximum atomic E-state index is 12.0. The fraction of sp³-hybridized carbons (Fsp3) is 0.600. The summed E-state index contributed by atoms with van der Waals surface area (Å²) in [7, 11) is 0. The van der Waals surface area contributed by atoms with E-state index in [0.29, 0.717) is 24.1 Å². The smallest absolute Gasteiger partial charge is 0.336 e. The van der Waals surface area contributed by atoms with Crippen LogP contribution in [0.25, 0.3) is 10.9 Å². The van der Waals surface area contributed by atoms with Crippen molar-refractivity contribution in [1.29, 1.82) is 0 Å². The first-order chi connectivity index (χ1) is 12.5. The van der Waals surface area contributed by atoms with E-state index in [1.807, 2.05) is 12.1 Å². The topological polar surface area (TPSA) is 81.2 Å². The van der Waals surface area contributed by atoms with E-state index in [0.717, 1.165) is 41.0 Å². The van der Waals surface area contributed by atoms with Gasteiger partial charge in [-0.2, -0.15) is 5.10 Å². The summed E-state index contributed by atoms with van der Waals surface area (Å²) in [6.07, 6.45) is 3.29. The van der Waals surface area contributed by atoms with Crippen molar-refractivity contribution in [2.45, 2.75) is 45.7 Å². The van der Waals surface area contributed by atoms with Crippen LogP contribution < -0.4 is 5.32 Å². The van der Waals surface area contributed by atoms with Crippen molar-refractivity contribution in [2.75, 3.05) is 19.6 Å². The predicted molar refractivity (Wildman–Crippen MR) is 101 cm³/mol. The Kier molecular flexibility index (Phi) is 4.71. The number of piperidine rings is 3. The second-order valence-electron chi connectivity index (χ2n) is 8.22. The number of carbonyl (C=O) groups is 1. The zero-order valence-electron chi connectivity index (χ0n) is 15.6. The number of aromatic amines is 1. The van der Waals surface area contributed by atoms with E-state index in [1.165, 1.54) is 25.9 Å². The quantitative estimate of drug-likeness (QED) is 0.741. The molecular formula is C20H28N4O2. The number of aromatic carboxylic acids is 1. The molecule has 0 amide bonds. The fourth-order valence-electron chi connectivity index (χ4n) is 4.63. The molecule has 3 saturated heterocycles. The highest BCUT2D eigenvalue weighted by Crippen LogP contribution is 2.29. The molecule has 6 heteroatoms. The Morgan fingerprint density at radius 2 is 2.15 bits per heavy atom. The van der Waals surface area contributed by atoms with Crippen molar-refractivity contribution >= 4 is 16.9 Å². The largest absolute Gasteiger partial charge is 0.478 e. The van der Waals surface area contributed by atoms with Crippen LogP contribution in [0.1, 0.15) is 48.3 Å². The van der Waals surface area contributed by atoms with Crippen LogP contribution in [-0.2, 0) is 13.0 Å². The molecule has 3 aliphatic heterocycles. The molecule has 3 aliphatic rings. The molecule has 0 spiro atoms. The zero-order valence-corrected chi connectivity index (χ0v) is 15.6. The fourth-order valence-corrected chi connectivity index (χ4v) is 4.63. The number of hydrogen-bond donors (Lipinski definition) is 3. The van der Waals surface area contributed by atoms with Gasteiger partial charge < -0.3 is 15.3 Å². The van der Waals surface area contributed by atoms with Crippen LogP contribution >= 0.6 is 0 Å². The second-order valence-corrected chi connectivity index (χ2v) is 8.22. The molecule has 6 nitrogen and oxygen atoms in total. The highest BCUT2D eigenvalue weighted by Gasteiger charge is 2.33. The third kappa shape index (κ3) is 3.23. The van der Waals surface area contributed by atoms with Crippen LogP contribution in [0.3, 0.4) is 0 Å². The molecule has 1 atom stereocenters. The summed E-state index contributed by atoms with van der Waals surface area (Å²) in [5.74, 6) is 0.284. The highest BCUT2D eigenvalue weighted by atomic mass is 16.4. The Labute approximate surface area is 154 Å². The zero-order chi connectivity index (χ0) is 18.3. The third-order valence-corrected chi connectivity index (χ3v) is 5.92. The summed E-state index contributed by atoms with van der Waals surface area (Å²) in [5.41, 5.74) is 2.93. The van der Waals surface area contributed by atoms with E-state index in [9.17, 15) is 9.90 Å². The Balaban J connectivity index is 1.61. The number of aromatic nitrogens is 2. The number of nitrogens with one attached hydrogen (secondary N) is 2. The van der Waals surface area contributed by atoms with Gasteiger partial charge in [-0.3, -0.25) is 5.10 Å². The molecule has 3 fully saturated rings. The maximum Gasteiger partial charge on any atom is 0.336 e. The highest BCUT2D eigenvalue weighted by molar-refractivity contribution is 6.05. The van der Waals surface area contributed by atoms with Gasteiger partial charge in [0.2, 0.25) is 0 Å². The molecular weight excluding hydrogens is 328 g/mol. The molecule has 2 aromatic rings. The molecule has 2 bridgehead atoms. The predicted octanol–water partition coefficient (Wildman–Crippen LogP) is 2.64. The minimum Gasteiger partial charge on any atom is -0.478 e. The standard InChI is InChI=1S/C20H28N4O2/c1-12(2)9-14-3-4-15-19(18(14)20(25)26)16(23-22-15)10-21-17-11-24-7-5-13(17)6-8-24/h3-4,12-13,17,21H,5-11H2,1-2H3,(H,22,23)(H,25,26). The van der Waals surface area contributed by atoms with Gasteiger partial charge in [-0.25, -0.2) is 4.79 Å². The van der Waals surface area contributed by atoms with Crippen molar-refractivity contribution in [3.8, 4) is 0 Å². The van der Waals surface area contributed by atoms with Crippen LogP contribution in [0, 0.1) is 11.8 Å². The molecule has 0 radical (unpaired) electrons. The monoisotopic (exact) mass is 356 g/mol. The van der Waals surface area contributed by atoms with E-state index in [4.69, 9.17) is 0 Å². The lowest BCUT2D eigenvalue weighted by atomic mass is 9.84. The van der Waals surface area contributed by atoms with E-state index in [-0.39, 0.29) is 0 Å². The summed E-state index contributed by atoms with van der Waals surface area (Å²) in [6, 6.07) is 4.34. The third-order valence-electron chi connectivity index (χ3n) is 5.92. The molecule has 3 N–H and O–H groups in total. The van der Waals surface area contributed by atoms with Crippen molar-refractivity contribution in [3.63, 3.8) is 0 Å². The SMILES string of the molecule is CC(C)Cc1ccc2n[nH]c(CNC3CN4CCC3CC4)c2c1C(=O)O. The van der Waals surface area contributed by atoms with Gasteiger partial charge in [0.05, 0.1) is 16.8 Å². The summed E-state index contributed by atoms with van der Waals surface area (Å²) in [4.78, 5) is 14.5. The number of carboxylic acids is 1. The van der Waals surface area contributed by atoms with E-state index in [1.54, 1.807) is 0 Å². The maximum absolute atomic E-state index is 12.0. The number of rotatable bonds is 6. The van der Waals surface area contributed by atoms with Crippen molar-refractivity contribution < 1.29 is 9.90 Å². The molecule has 26 heavy (non-hydrogen) atoms. The number of fused-ring (bicyclic) bond motifs is 4. The van der Waals surface area contributed by atoms with Crippen LogP contribution in [0.2, 0.25) is 0 Å². The van der Waals surface area contributed by atoms with Crippen LogP contribution in [-0.4, -0.2) is 51.8 Å². The molecule has 1 unspecified atom stereocenters. The van der Waals surface area contributed by atoms with Crippen LogP contribution in [0.15, 0.2) is 12.1 Å². The second kappa shape index (κ2) is 7.00. The normalized spacial score (nSPS) is 25.3. The Bertz CT molecular complexity index is 805. The lowest BCUT2D eigenvalue weighted by Gasteiger charge is -2.45. The van der Waals surface area contributed by atoms with E-state index in [2.05, 4.69) is 34.3 Å². The lowest BCUT2D eigenvalue weighted by molar-refractivity contribution is 0.0697. The first kappa shape index (κ1) is 17.5. The summed E-state index contributed by atoms with van der Waals surface area (Å²) in [6.45, 7) is 8.40. The van der Waals surface area contributed by atoms with Gasteiger partial charge in [0, 0.05) is 24.5 Å². The molecule has 4 heterocycles. The van der Waals surface area contributed by atoms with Crippen molar-refractivity contribution in [3.05, 3.63) is 29.0 Å². The van der Waals surface area contributed by atoms with E-state index < -0.39 is 5.97 Å². The molecule has 0 saturated carbocycles.